The van der Waals surface area contributed by atoms with Crippen molar-refractivity contribution in [3.8, 4) is 6.07 Å². The zero-order valence-corrected chi connectivity index (χ0v) is 12.9. The summed E-state index contributed by atoms with van der Waals surface area (Å²) in [5.41, 5.74) is 3.83. The molecule has 0 fully saturated rings. The van der Waals surface area contributed by atoms with Crippen LogP contribution in [0.25, 0.3) is 0 Å². The Bertz CT molecular complexity index is 829. The third-order valence-corrected chi connectivity index (χ3v) is 4.14. The second-order valence-electron chi connectivity index (χ2n) is 5.72. The molecule has 1 heterocycles. The van der Waals surface area contributed by atoms with E-state index in [9.17, 15) is 9.18 Å². The predicted molar refractivity (Wildman–Crippen MR) is 87.0 cm³/mol. The van der Waals surface area contributed by atoms with Gasteiger partial charge in [-0.3, -0.25) is 0 Å². The van der Waals surface area contributed by atoms with Crippen molar-refractivity contribution >= 4 is 11.8 Å². The van der Waals surface area contributed by atoms with Crippen molar-refractivity contribution in [3.63, 3.8) is 0 Å². The van der Waals surface area contributed by atoms with Gasteiger partial charge in [0.25, 0.3) is 0 Å². The molecule has 2 aromatic rings. The number of anilines is 1. The summed E-state index contributed by atoms with van der Waals surface area (Å²) in [6.45, 7) is 1.35. The maximum Gasteiger partial charge on any atom is 0.407 e. The first-order valence-corrected chi connectivity index (χ1v) is 7.59. The van der Waals surface area contributed by atoms with Gasteiger partial charge in [0, 0.05) is 25.3 Å². The third-order valence-electron chi connectivity index (χ3n) is 4.14. The van der Waals surface area contributed by atoms with Gasteiger partial charge in [-0.15, -0.1) is 0 Å². The van der Waals surface area contributed by atoms with Gasteiger partial charge >= 0.3 is 6.09 Å². The van der Waals surface area contributed by atoms with E-state index in [1.165, 1.54) is 17.0 Å². The molecule has 0 bridgehead atoms. The Morgan fingerprint density at radius 1 is 1.29 bits per heavy atom. The standard InChI is InChI=1S/C18H16FN3O2/c19-17-7-12(1-2-14(17)9-20)10-21-16-4-3-15-11-22(18(23)24)6-5-13(15)8-16/h1-4,7-8,21H,5-6,10-11H2,(H,23,24). The first-order chi connectivity index (χ1) is 11.6. The summed E-state index contributed by atoms with van der Waals surface area (Å²) in [5.74, 6) is -0.518. The van der Waals surface area contributed by atoms with Crippen molar-refractivity contribution in [2.24, 2.45) is 0 Å². The highest BCUT2D eigenvalue weighted by atomic mass is 19.1. The van der Waals surface area contributed by atoms with Crippen LogP contribution >= 0.6 is 0 Å². The average molecular weight is 325 g/mol. The van der Waals surface area contributed by atoms with Crippen LogP contribution in [0.4, 0.5) is 14.9 Å². The van der Waals surface area contributed by atoms with Gasteiger partial charge in [-0.1, -0.05) is 12.1 Å². The first-order valence-electron chi connectivity index (χ1n) is 7.59. The number of hydrogen-bond acceptors (Lipinski definition) is 3. The third kappa shape index (κ3) is 3.30. The Kier molecular flexibility index (Phi) is 4.34. The van der Waals surface area contributed by atoms with Gasteiger partial charge in [-0.2, -0.15) is 5.26 Å². The normalized spacial score (nSPS) is 13.1. The lowest BCUT2D eigenvalue weighted by atomic mass is 9.99. The minimum Gasteiger partial charge on any atom is -0.465 e. The first kappa shape index (κ1) is 15.8. The Labute approximate surface area is 138 Å². The van der Waals surface area contributed by atoms with Crippen LogP contribution < -0.4 is 5.32 Å². The van der Waals surface area contributed by atoms with Crippen molar-refractivity contribution < 1.29 is 14.3 Å². The molecule has 1 aliphatic heterocycles. The largest absolute Gasteiger partial charge is 0.465 e. The molecule has 0 spiro atoms. The molecule has 0 aromatic heterocycles. The molecule has 0 unspecified atom stereocenters. The summed E-state index contributed by atoms with van der Waals surface area (Å²) in [4.78, 5) is 12.4. The summed E-state index contributed by atoms with van der Waals surface area (Å²) in [5, 5.41) is 21.0. The van der Waals surface area contributed by atoms with Gasteiger partial charge in [0.15, 0.2) is 0 Å². The van der Waals surface area contributed by atoms with Crippen LogP contribution in [0.2, 0.25) is 0 Å². The second-order valence-corrected chi connectivity index (χ2v) is 5.72. The van der Waals surface area contributed by atoms with E-state index in [0.717, 1.165) is 22.4 Å². The number of nitriles is 1. The molecule has 0 radical (unpaired) electrons. The average Bonchev–Trinajstić information content (AvgIpc) is 2.59. The summed E-state index contributed by atoms with van der Waals surface area (Å²) >= 11 is 0. The highest BCUT2D eigenvalue weighted by molar-refractivity contribution is 5.66. The molecule has 6 heteroatoms. The van der Waals surface area contributed by atoms with E-state index in [4.69, 9.17) is 10.4 Å². The van der Waals surface area contributed by atoms with Crippen LogP contribution in [-0.2, 0) is 19.5 Å². The van der Waals surface area contributed by atoms with E-state index in [-0.39, 0.29) is 5.56 Å². The maximum atomic E-state index is 13.6. The highest BCUT2D eigenvalue weighted by Crippen LogP contribution is 2.23. The number of nitrogens with zero attached hydrogens (tertiary/aromatic N) is 2. The molecule has 3 rings (SSSR count). The monoisotopic (exact) mass is 325 g/mol. The van der Waals surface area contributed by atoms with Crippen LogP contribution in [-0.4, -0.2) is 22.6 Å². The van der Waals surface area contributed by atoms with Crippen molar-refractivity contribution in [2.75, 3.05) is 11.9 Å². The zero-order chi connectivity index (χ0) is 17.1. The van der Waals surface area contributed by atoms with E-state index in [1.54, 1.807) is 12.1 Å². The minimum atomic E-state index is -0.898. The Balaban J connectivity index is 1.68. The molecule has 24 heavy (non-hydrogen) atoms. The van der Waals surface area contributed by atoms with E-state index >= 15 is 0 Å². The molecule has 1 aliphatic rings. The molecule has 5 nitrogen and oxygen atoms in total. The zero-order valence-electron chi connectivity index (χ0n) is 12.9. The van der Waals surface area contributed by atoms with Crippen molar-refractivity contribution in [3.05, 3.63) is 64.5 Å². The number of benzene rings is 2. The number of nitrogens with one attached hydrogen (secondary N) is 1. The topological polar surface area (TPSA) is 76.4 Å². The van der Waals surface area contributed by atoms with Gasteiger partial charge in [-0.25, -0.2) is 9.18 Å². The molecular formula is C18H16FN3O2. The lowest BCUT2D eigenvalue weighted by molar-refractivity contribution is 0.140. The van der Waals surface area contributed by atoms with E-state index in [0.29, 0.717) is 26.1 Å². The Hall–Kier alpha value is -3.07. The summed E-state index contributed by atoms with van der Waals surface area (Å²) in [7, 11) is 0. The number of hydrogen-bond donors (Lipinski definition) is 2. The van der Waals surface area contributed by atoms with Crippen LogP contribution in [0.1, 0.15) is 22.3 Å². The van der Waals surface area contributed by atoms with Gasteiger partial charge in [-0.05, 0) is 47.4 Å². The van der Waals surface area contributed by atoms with Gasteiger partial charge in [0.1, 0.15) is 11.9 Å². The minimum absolute atomic E-state index is 0.0375. The lowest BCUT2D eigenvalue weighted by Gasteiger charge is -2.26. The molecule has 0 saturated heterocycles. The number of carbonyl (C=O) groups is 1. The molecule has 2 aromatic carbocycles. The molecule has 0 aliphatic carbocycles. The van der Waals surface area contributed by atoms with Crippen molar-refractivity contribution in [1.82, 2.24) is 4.90 Å². The van der Waals surface area contributed by atoms with Crippen LogP contribution in [0, 0.1) is 17.1 Å². The molecule has 2 N–H and O–H groups in total. The number of halogens is 1. The SMILES string of the molecule is N#Cc1ccc(CNc2ccc3c(c2)CCN(C(=O)O)C3)cc1F. The number of fused-ring (bicyclic) bond motifs is 1. The van der Waals surface area contributed by atoms with Crippen molar-refractivity contribution in [2.45, 2.75) is 19.5 Å². The number of rotatable bonds is 3. The van der Waals surface area contributed by atoms with E-state index in [2.05, 4.69) is 5.32 Å². The lowest BCUT2D eigenvalue weighted by Crippen LogP contribution is -2.34. The smallest absolute Gasteiger partial charge is 0.407 e. The number of carboxylic acid groups (broad SMARTS) is 1. The van der Waals surface area contributed by atoms with Crippen LogP contribution in [0.15, 0.2) is 36.4 Å². The fourth-order valence-corrected chi connectivity index (χ4v) is 2.79. The Morgan fingerprint density at radius 3 is 2.83 bits per heavy atom. The van der Waals surface area contributed by atoms with Crippen molar-refractivity contribution in [1.29, 1.82) is 5.26 Å². The second kappa shape index (κ2) is 6.59. The molecule has 1 amide bonds. The quantitative estimate of drug-likeness (QED) is 0.907. The van der Waals surface area contributed by atoms with E-state index < -0.39 is 11.9 Å². The molecular weight excluding hydrogens is 309 g/mol. The van der Waals surface area contributed by atoms with Crippen LogP contribution in [0.5, 0.6) is 0 Å². The molecule has 122 valence electrons. The summed E-state index contributed by atoms with van der Waals surface area (Å²) < 4.78 is 13.6. The van der Waals surface area contributed by atoms with Gasteiger partial charge in [0.05, 0.1) is 5.56 Å². The fraction of sp³-hybridized carbons (Fsp3) is 0.222. The Morgan fingerprint density at radius 2 is 2.12 bits per heavy atom. The maximum absolute atomic E-state index is 13.6. The van der Waals surface area contributed by atoms with Crippen LogP contribution in [0.3, 0.4) is 0 Å². The van der Waals surface area contributed by atoms with Gasteiger partial charge < -0.3 is 15.3 Å². The summed E-state index contributed by atoms with van der Waals surface area (Å²) in [6.07, 6.45) is -0.214. The fourth-order valence-electron chi connectivity index (χ4n) is 2.79. The molecule has 0 saturated carbocycles. The predicted octanol–water partition coefficient (Wildman–Crippen LogP) is 3.35. The number of amides is 1. The summed E-state index contributed by atoms with van der Waals surface area (Å²) in [6, 6.07) is 12.2. The van der Waals surface area contributed by atoms with Gasteiger partial charge in [0.2, 0.25) is 0 Å². The van der Waals surface area contributed by atoms with E-state index in [1.807, 2.05) is 18.2 Å². The highest BCUT2D eigenvalue weighted by Gasteiger charge is 2.19. The molecule has 0 atom stereocenters.